The minimum Gasteiger partial charge on any atom is -0.334 e. The van der Waals surface area contributed by atoms with Crippen LogP contribution in [-0.2, 0) is 11.3 Å². The summed E-state index contributed by atoms with van der Waals surface area (Å²) < 4.78 is 0. The average Bonchev–Trinajstić information content (AvgIpc) is 2.93. The molecule has 2 atom stereocenters. The van der Waals surface area contributed by atoms with Gasteiger partial charge in [0, 0.05) is 24.7 Å². The largest absolute Gasteiger partial charge is 0.334 e. The maximum absolute atomic E-state index is 12.8. The maximum atomic E-state index is 12.8. The minimum absolute atomic E-state index is 0.0106. The highest BCUT2D eigenvalue weighted by atomic mass is 16.2. The molecule has 1 aromatic carbocycles. The smallest absolute Gasteiger partial charge is 0.324 e. The molecule has 25 heavy (non-hydrogen) atoms. The number of rotatable bonds is 4. The number of hydrogen-bond acceptors (Lipinski definition) is 4. The third-order valence-corrected chi connectivity index (χ3v) is 5.10. The summed E-state index contributed by atoms with van der Waals surface area (Å²) in [7, 11) is 0. The first-order valence-electron chi connectivity index (χ1n) is 8.69. The van der Waals surface area contributed by atoms with Gasteiger partial charge >= 0.3 is 6.03 Å². The Labute approximate surface area is 147 Å². The monoisotopic (exact) mass is 344 g/mol. The summed E-state index contributed by atoms with van der Waals surface area (Å²) in [5, 5.41) is 2.49. The number of imide groups is 1. The zero-order valence-electron chi connectivity index (χ0n) is 14.4. The van der Waals surface area contributed by atoms with E-state index in [9.17, 15) is 14.4 Å². The molecule has 2 aliphatic heterocycles. The van der Waals surface area contributed by atoms with Gasteiger partial charge in [-0.1, -0.05) is 19.1 Å². The van der Waals surface area contributed by atoms with Crippen molar-refractivity contribution in [1.82, 2.24) is 15.1 Å². The number of hydrogen-bond donors (Lipinski definition) is 2. The molecule has 134 valence electrons. The molecule has 0 spiro atoms. The molecule has 3 N–H and O–H groups in total. The molecular weight excluding hydrogens is 320 g/mol. The Bertz CT molecular complexity index is 657. The van der Waals surface area contributed by atoms with Gasteiger partial charge in [0.2, 0.25) is 5.91 Å². The molecule has 0 saturated carbocycles. The van der Waals surface area contributed by atoms with Gasteiger partial charge in [0.05, 0.1) is 13.1 Å². The molecule has 2 heterocycles. The number of nitrogens with two attached hydrogens (primary N) is 1. The number of nitrogens with one attached hydrogen (secondary N) is 1. The fraction of sp³-hybridized carbons (Fsp3) is 0.500. The Hall–Kier alpha value is -2.41. The summed E-state index contributed by atoms with van der Waals surface area (Å²) in [6, 6.07) is 6.78. The van der Waals surface area contributed by atoms with Gasteiger partial charge < -0.3 is 16.0 Å². The number of nitrogens with zero attached hydrogens (tertiary/aromatic N) is 2. The maximum Gasteiger partial charge on any atom is 0.324 e. The molecule has 0 unspecified atom stereocenters. The van der Waals surface area contributed by atoms with Crippen molar-refractivity contribution in [2.24, 2.45) is 11.7 Å². The first kappa shape index (κ1) is 17.4. The van der Waals surface area contributed by atoms with Gasteiger partial charge in [0.1, 0.15) is 0 Å². The summed E-state index contributed by atoms with van der Waals surface area (Å²) in [6.07, 6.45) is 2.09. The van der Waals surface area contributed by atoms with E-state index < -0.39 is 0 Å². The average molecular weight is 344 g/mol. The standard InChI is InChI=1S/C18H24N4O3/c1-12-3-2-8-21(15(12)9-19)17(24)14-6-4-13(5-7-14)11-22-16(23)10-20-18(22)25/h4-7,12,15H,2-3,8-11,19H2,1H3,(H,20,25)/t12-,15-/m1/s1. The van der Waals surface area contributed by atoms with Crippen LogP contribution < -0.4 is 11.1 Å². The highest BCUT2D eigenvalue weighted by molar-refractivity contribution is 6.01. The van der Waals surface area contributed by atoms with Crippen molar-refractivity contribution in [3.8, 4) is 0 Å². The second-order valence-electron chi connectivity index (χ2n) is 6.76. The van der Waals surface area contributed by atoms with Crippen LogP contribution in [0.1, 0.15) is 35.7 Å². The van der Waals surface area contributed by atoms with E-state index in [4.69, 9.17) is 5.73 Å². The van der Waals surface area contributed by atoms with Crippen LogP contribution in [0.2, 0.25) is 0 Å². The van der Waals surface area contributed by atoms with Gasteiger partial charge in [-0.15, -0.1) is 0 Å². The Morgan fingerprint density at radius 3 is 2.60 bits per heavy atom. The minimum atomic E-state index is -0.377. The lowest BCUT2D eigenvalue weighted by molar-refractivity contribution is -0.125. The molecule has 4 amide bonds. The number of benzene rings is 1. The van der Waals surface area contributed by atoms with Gasteiger partial charge in [0.25, 0.3) is 5.91 Å². The highest BCUT2D eigenvalue weighted by Crippen LogP contribution is 2.24. The molecule has 0 radical (unpaired) electrons. The molecule has 3 rings (SSSR count). The quantitative estimate of drug-likeness (QED) is 0.795. The SMILES string of the molecule is C[C@@H]1CCCN(C(=O)c2ccc(CN3C(=O)CNC3=O)cc2)[C@@H]1CN. The van der Waals surface area contributed by atoms with E-state index in [1.807, 2.05) is 4.90 Å². The lowest BCUT2D eigenvalue weighted by Crippen LogP contribution is -2.51. The first-order chi connectivity index (χ1) is 12.0. The van der Waals surface area contributed by atoms with Gasteiger partial charge in [-0.05, 0) is 36.5 Å². The Kier molecular flexibility index (Phi) is 5.03. The van der Waals surface area contributed by atoms with Crippen LogP contribution in [0.4, 0.5) is 4.79 Å². The number of amides is 4. The molecular formula is C18H24N4O3. The number of urea groups is 1. The molecule has 7 heteroatoms. The molecule has 7 nitrogen and oxygen atoms in total. The normalized spacial score (nSPS) is 23.8. The number of piperidine rings is 1. The lowest BCUT2D eigenvalue weighted by atomic mass is 9.90. The number of carbonyl (C=O) groups excluding carboxylic acids is 3. The van der Waals surface area contributed by atoms with Gasteiger partial charge in [-0.3, -0.25) is 14.5 Å². The van der Waals surface area contributed by atoms with Crippen molar-refractivity contribution >= 4 is 17.8 Å². The van der Waals surface area contributed by atoms with Crippen LogP contribution in [0.5, 0.6) is 0 Å². The third-order valence-electron chi connectivity index (χ3n) is 5.10. The Morgan fingerprint density at radius 2 is 2.00 bits per heavy atom. The first-order valence-corrected chi connectivity index (χ1v) is 8.69. The van der Waals surface area contributed by atoms with Crippen LogP contribution in [0, 0.1) is 5.92 Å². The van der Waals surface area contributed by atoms with Crippen LogP contribution >= 0.6 is 0 Å². The van der Waals surface area contributed by atoms with Gasteiger partial charge in [-0.25, -0.2) is 4.79 Å². The molecule has 2 aliphatic rings. The summed E-state index contributed by atoms with van der Waals surface area (Å²) >= 11 is 0. The second kappa shape index (κ2) is 7.23. The van der Waals surface area contributed by atoms with Crippen molar-refractivity contribution in [1.29, 1.82) is 0 Å². The molecule has 0 aromatic heterocycles. The van der Waals surface area contributed by atoms with E-state index in [1.165, 1.54) is 4.90 Å². The molecule has 1 aromatic rings. The lowest BCUT2D eigenvalue weighted by Gasteiger charge is -2.39. The van der Waals surface area contributed by atoms with Crippen LogP contribution in [0.25, 0.3) is 0 Å². The zero-order chi connectivity index (χ0) is 18.0. The van der Waals surface area contributed by atoms with E-state index in [-0.39, 0.29) is 37.0 Å². The van der Waals surface area contributed by atoms with Gasteiger partial charge in [0.15, 0.2) is 0 Å². The number of likely N-dealkylation sites (tertiary alicyclic amines) is 1. The summed E-state index contributed by atoms with van der Waals surface area (Å²) in [6.45, 7) is 3.60. The van der Waals surface area contributed by atoms with Crippen LogP contribution in [0.3, 0.4) is 0 Å². The zero-order valence-corrected chi connectivity index (χ0v) is 14.4. The van der Waals surface area contributed by atoms with Crippen molar-refractivity contribution in [2.45, 2.75) is 32.4 Å². The number of carbonyl (C=O) groups is 3. The van der Waals surface area contributed by atoms with E-state index in [2.05, 4.69) is 12.2 Å². The predicted molar refractivity (Wildman–Crippen MR) is 92.7 cm³/mol. The van der Waals surface area contributed by atoms with Crippen molar-refractivity contribution in [3.05, 3.63) is 35.4 Å². The second-order valence-corrected chi connectivity index (χ2v) is 6.76. The summed E-state index contributed by atoms with van der Waals surface area (Å²) in [5.74, 6) is 0.156. The highest BCUT2D eigenvalue weighted by Gasteiger charge is 2.31. The van der Waals surface area contributed by atoms with E-state index in [0.29, 0.717) is 18.0 Å². The molecule has 2 saturated heterocycles. The van der Waals surface area contributed by atoms with E-state index in [1.54, 1.807) is 24.3 Å². The fourth-order valence-electron chi connectivity index (χ4n) is 3.58. The van der Waals surface area contributed by atoms with Crippen molar-refractivity contribution < 1.29 is 14.4 Å². The van der Waals surface area contributed by atoms with Crippen molar-refractivity contribution in [2.75, 3.05) is 19.6 Å². The van der Waals surface area contributed by atoms with Crippen LogP contribution in [0.15, 0.2) is 24.3 Å². The molecule has 0 aliphatic carbocycles. The van der Waals surface area contributed by atoms with Crippen LogP contribution in [-0.4, -0.2) is 53.3 Å². The molecule has 0 bridgehead atoms. The topological polar surface area (TPSA) is 95.7 Å². The summed E-state index contributed by atoms with van der Waals surface area (Å²) in [5.41, 5.74) is 7.29. The van der Waals surface area contributed by atoms with Gasteiger partial charge in [-0.2, -0.15) is 0 Å². The Balaban J connectivity index is 1.70. The van der Waals surface area contributed by atoms with Crippen molar-refractivity contribution in [3.63, 3.8) is 0 Å². The summed E-state index contributed by atoms with van der Waals surface area (Å²) in [4.78, 5) is 39.1. The predicted octanol–water partition coefficient (Wildman–Crippen LogP) is 0.938. The Morgan fingerprint density at radius 1 is 1.28 bits per heavy atom. The van der Waals surface area contributed by atoms with E-state index >= 15 is 0 Å². The molecule has 2 fully saturated rings. The fourth-order valence-corrected chi connectivity index (χ4v) is 3.58. The third kappa shape index (κ3) is 3.51. The van der Waals surface area contributed by atoms with E-state index in [0.717, 1.165) is 24.9 Å².